The van der Waals surface area contributed by atoms with Crippen molar-refractivity contribution in [1.82, 2.24) is 4.98 Å². The van der Waals surface area contributed by atoms with Gasteiger partial charge in [0.05, 0.1) is 18.3 Å². The molecule has 0 aliphatic rings. The third-order valence-corrected chi connectivity index (χ3v) is 3.38. The number of aryl methyl sites for hydroxylation is 2. The number of hydrogen-bond donors (Lipinski definition) is 1. The number of nitrogens with zero attached hydrogens (tertiary/aromatic N) is 2. The highest BCUT2D eigenvalue weighted by molar-refractivity contribution is 5.94. The predicted octanol–water partition coefficient (Wildman–Crippen LogP) is 2.49. The van der Waals surface area contributed by atoms with Gasteiger partial charge in [0, 0.05) is 7.05 Å². The van der Waals surface area contributed by atoms with Gasteiger partial charge in [-0.25, -0.2) is 4.98 Å². The van der Waals surface area contributed by atoms with Crippen molar-refractivity contribution in [3.8, 4) is 0 Å². The second kappa shape index (κ2) is 5.74. The van der Waals surface area contributed by atoms with Crippen molar-refractivity contribution >= 4 is 17.4 Å². The zero-order chi connectivity index (χ0) is 14.7. The Hall–Kier alpha value is -2.36. The molecule has 104 valence electrons. The minimum Gasteiger partial charge on any atom is -0.384 e. The maximum atomic E-state index is 12.3. The Morgan fingerprint density at radius 2 is 2.00 bits per heavy atom. The average molecular weight is 269 g/mol. The van der Waals surface area contributed by atoms with E-state index in [0.717, 1.165) is 22.4 Å². The van der Waals surface area contributed by atoms with Gasteiger partial charge >= 0.3 is 0 Å². The highest BCUT2D eigenvalue weighted by Crippen LogP contribution is 2.16. The van der Waals surface area contributed by atoms with Crippen LogP contribution in [0, 0.1) is 13.8 Å². The van der Waals surface area contributed by atoms with Gasteiger partial charge in [0.1, 0.15) is 5.82 Å². The van der Waals surface area contributed by atoms with E-state index in [1.807, 2.05) is 19.9 Å². The molecule has 0 aliphatic carbocycles. The molecule has 1 heterocycles. The standard InChI is InChI=1S/C16H19N3O/c1-11-4-5-12(2)13(8-11)9-16(20)19(3)14-6-7-15(17)18-10-14/h4-8,10H,9H2,1-3H3,(H2,17,18). The molecule has 0 saturated carbocycles. The van der Waals surface area contributed by atoms with Gasteiger partial charge in [0.2, 0.25) is 5.91 Å². The van der Waals surface area contributed by atoms with Crippen molar-refractivity contribution in [1.29, 1.82) is 0 Å². The number of carbonyl (C=O) groups is 1. The molecule has 0 spiro atoms. The number of likely N-dealkylation sites (N-methyl/N-ethyl adjacent to an activating group) is 1. The van der Waals surface area contributed by atoms with Crippen molar-refractivity contribution < 1.29 is 4.79 Å². The van der Waals surface area contributed by atoms with Crippen LogP contribution in [0.25, 0.3) is 0 Å². The molecule has 4 nitrogen and oxygen atoms in total. The molecule has 2 rings (SSSR count). The SMILES string of the molecule is Cc1ccc(C)c(CC(=O)N(C)c2ccc(N)nc2)c1. The Bertz CT molecular complexity index is 620. The topological polar surface area (TPSA) is 59.2 Å². The summed E-state index contributed by atoms with van der Waals surface area (Å²) in [5.74, 6) is 0.481. The fourth-order valence-electron chi connectivity index (χ4n) is 2.01. The summed E-state index contributed by atoms with van der Waals surface area (Å²) in [5, 5.41) is 0. The molecule has 0 saturated heterocycles. The van der Waals surface area contributed by atoms with Crippen molar-refractivity contribution in [3.05, 3.63) is 53.2 Å². The van der Waals surface area contributed by atoms with Gasteiger partial charge < -0.3 is 10.6 Å². The lowest BCUT2D eigenvalue weighted by Crippen LogP contribution is -2.28. The molecule has 1 aromatic carbocycles. The molecule has 20 heavy (non-hydrogen) atoms. The lowest BCUT2D eigenvalue weighted by atomic mass is 10.0. The summed E-state index contributed by atoms with van der Waals surface area (Å²) >= 11 is 0. The number of rotatable bonds is 3. The monoisotopic (exact) mass is 269 g/mol. The highest BCUT2D eigenvalue weighted by Gasteiger charge is 2.13. The summed E-state index contributed by atoms with van der Waals surface area (Å²) in [7, 11) is 1.75. The zero-order valence-electron chi connectivity index (χ0n) is 12.1. The molecular weight excluding hydrogens is 250 g/mol. The van der Waals surface area contributed by atoms with Crippen LogP contribution in [0.5, 0.6) is 0 Å². The Kier molecular flexibility index (Phi) is 4.03. The number of hydrogen-bond acceptors (Lipinski definition) is 3. The molecule has 1 aromatic heterocycles. The van der Waals surface area contributed by atoms with Gasteiger partial charge in [-0.1, -0.05) is 23.8 Å². The van der Waals surface area contributed by atoms with Gasteiger partial charge in [-0.15, -0.1) is 0 Å². The first-order valence-electron chi connectivity index (χ1n) is 6.51. The van der Waals surface area contributed by atoms with Crippen LogP contribution in [0.2, 0.25) is 0 Å². The molecule has 0 atom stereocenters. The molecule has 0 bridgehead atoms. The molecule has 0 fully saturated rings. The fraction of sp³-hybridized carbons (Fsp3) is 0.250. The van der Waals surface area contributed by atoms with Crippen molar-refractivity contribution in [3.63, 3.8) is 0 Å². The smallest absolute Gasteiger partial charge is 0.231 e. The van der Waals surface area contributed by atoms with Crippen LogP contribution in [0.15, 0.2) is 36.5 Å². The summed E-state index contributed by atoms with van der Waals surface area (Å²) in [4.78, 5) is 17.9. The molecule has 2 N–H and O–H groups in total. The quantitative estimate of drug-likeness (QED) is 0.931. The van der Waals surface area contributed by atoms with Crippen LogP contribution < -0.4 is 10.6 Å². The maximum Gasteiger partial charge on any atom is 0.231 e. The van der Waals surface area contributed by atoms with Crippen molar-refractivity contribution in [2.24, 2.45) is 0 Å². The molecule has 2 aromatic rings. The first-order chi connectivity index (χ1) is 9.47. The third-order valence-electron chi connectivity index (χ3n) is 3.38. The summed E-state index contributed by atoms with van der Waals surface area (Å²) in [5.41, 5.74) is 9.65. The zero-order valence-corrected chi connectivity index (χ0v) is 12.1. The lowest BCUT2D eigenvalue weighted by Gasteiger charge is -2.18. The van der Waals surface area contributed by atoms with E-state index in [0.29, 0.717) is 12.2 Å². The first-order valence-corrected chi connectivity index (χ1v) is 6.51. The number of nitrogens with two attached hydrogens (primary N) is 1. The molecule has 0 radical (unpaired) electrons. The van der Waals surface area contributed by atoms with Gasteiger partial charge in [-0.3, -0.25) is 4.79 Å². The molecular formula is C16H19N3O. The van der Waals surface area contributed by atoms with E-state index in [1.54, 1.807) is 30.3 Å². The van der Waals surface area contributed by atoms with Crippen LogP contribution in [0.3, 0.4) is 0 Å². The lowest BCUT2D eigenvalue weighted by molar-refractivity contribution is -0.117. The van der Waals surface area contributed by atoms with E-state index in [1.165, 1.54) is 0 Å². The van der Waals surface area contributed by atoms with Crippen LogP contribution in [0.1, 0.15) is 16.7 Å². The second-order valence-electron chi connectivity index (χ2n) is 5.00. The first kappa shape index (κ1) is 14.1. The molecule has 1 amide bonds. The fourth-order valence-corrected chi connectivity index (χ4v) is 2.01. The van der Waals surface area contributed by atoms with Crippen LogP contribution in [-0.4, -0.2) is 17.9 Å². The minimum absolute atomic E-state index is 0.0327. The predicted molar refractivity (Wildman–Crippen MR) is 81.7 cm³/mol. The number of aromatic nitrogens is 1. The van der Waals surface area contributed by atoms with E-state index in [2.05, 4.69) is 17.1 Å². The summed E-state index contributed by atoms with van der Waals surface area (Å²) < 4.78 is 0. The van der Waals surface area contributed by atoms with Crippen LogP contribution >= 0.6 is 0 Å². The summed E-state index contributed by atoms with van der Waals surface area (Å²) in [6.07, 6.45) is 1.99. The number of anilines is 2. The van der Waals surface area contributed by atoms with Gasteiger partial charge in [0.25, 0.3) is 0 Å². The van der Waals surface area contributed by atoms with Crippen molar-refractivity contribution in [2.75, 3.05) is 17.7 Å². The van der Waals surface area contributed by atoms with Gasteiger partial charge in [-0.2, -0.15) is 0 Å². The third kappa shape index (κ3) is 3.15. The van der Waals surface area contributed by atoms with Crippen LogP contribution in [-0.2, 0) is 11.2 Å². The van der Waals surface area contributed by atoms with Crippen LogP contribution in [0.4, 0.5) is 11.5 Å². The minimum atomic E-state index is 0.0327. The van der Waals surface area contributed by atoms with Gasteiger partial charge in [0.15, 0.2) is 0 Å². The van der Waals surface area contributed by atoms with Crippen molar-refractivity contribution in [2.45, 2.75) is 20.3 Å². The Balaban J connectivity index is 2.15. The number of pyridine rings is 1. The van der Waals surface area contributed by atoms with E-state index < -0.39 is 0 Å². The normalized spacial score (nSPS) is 10.3. The highest BCUT2D eigenvalue weighted by atomic mass is 16.2. The maximum absolute atomic E-state index is 12.3. The Labute approximate surface area is 119 Å². The van der Waals surface area contributed by atoms with E-state index in [4.69, 9.17) is 5.73 Å². The number of benzene rings is 1. The molecule has 0 aliphatic heterocycles. The number of nitrogen functional groups attached to an aromatic ring is 1. The Morgan fingerprint density at radius 3 is 2.65 bits per heavy atom. The summed E-state index contributed by atoms with van der Waals surface area (Å²) in [6.45, 7) is 4.05. The molecule has 4 heteroatoms. The second-order valence-corrected chi connectivity index (χ2v) is 5.00. The molecule has 0 unspecified atom stereocenters. The number of carbonyl (C=O) groups excluding carboxylic acids is 1. The largest absolute Gasteiger partial charge is 0.384 e. The van der Waals surface area contributed by atoms with E-state index in [9.17, 15) is 4.79 Å². The average Bonchev–Trinajstić information content (AvgIpc) is 2.43. The van der Waals surface area contributed by atoms with E-state index >= 15 is 0 Å². The number of amides is 1. The van der Waals surface area contributed by atoms with E-state index in [-0.39, 0.29) is 5.91 Å². The Morgan fingerprint density at radius 1 is 1.25 bits per heavy atom. The van der Waals surface area contributed by atoms with Gasteiger partial charge in [-0.05, 0) is 37.1 Å². The summed E-state index contributed by atoms with van der Waals surface area (Å²) in [6, 6.07) is 9.64.